The van der Waals surface area contributed by atoms with Gasteiger partial charge in [-0.2, -0.15) is 0 Å². The van der Waals surface area contributed by atoms with Crippen LogP contribution in [0, 0.1) is 0 Å². The second-order valence-electron chi connectivity index (χ2n) is 3.15. The number of nitrogens with zero attached hydrogens (tertiary/aromatic N) is 2. The summed E-state index contributed by atoms with van der Waals surface area (Å²) in [5, 5.41) is 0. The van der Waals surface area contributed by atoms with Gasteiger partial charge in [-0.05, 0) is 14.1 Å². The summed E-state index contributed by atoms with van der Waals surface area (Å²) < 4.78 is 5.03. The van der Waals surface area contributed by atoms with Crippen LogP contribution in [-0.2, 0) is 4.74 Å². The number of hydrogen-bond donors (Lipinski definition) is 0. The Morgan fingerprint density at radius 3 is 2.73 bits per heavy atom. The first-order chi connectivity index (χ1) is 5.09. The zero-order chi connectivity index (χ0) is 8.43. The molecular formula is C7H14N2O2. The van der Waals surface area contributed by atoms with Crippen LogP contribution in [-0.4, -0.2) is 56.2 Å². The van der Waals surface area contributed by atoms with Gasteiger partial charge >= 0.3 is 6.09 Å². The van der Waals surface area contributed by atoms with Crippen LogP contribution in [0.5, 0.6) is 0 Å². The number of ether oxygens (including phenoxy) is 1. The summed E-state index contributed by atoms with van der Waals surface area (Å²) in [7, 11) is 5.68. The molecule has 4 heteroatoms. The first-order valence-electron chi connectivity index (χ1n) is 3.66. The van der Waals surface area contributed by atoms with Gasteiger partial charge in [0.05, 0.1) is 6.54 Å². The monoisotopic (exact) mass is 158 g/mol. The molecule has 0 radical (unpaired) electrons. The molecule has 0 bridgehead atoms. The Hall–Kier alpha value is -0.770. The summed E-state index contributed by atoms with van der Waals surface area (Å²) in [6, 6.07) is 0. The standard InChI is InChI=1S/C7H14N2O2/c1-8(2)4-6-5-9(3)7(10)11-6/h6H,4-5H2,1-3H3/t6-/m1/s1. The first-order valence-corrected chi connectivity index (χ1v) is 3.66. The van der Waals surface area contributed by atoms with Gasteiger partial charge in [0.25, 0.3) is 0 Å². The molecule has 1 aliphatic heterocycles. The van der Waals surface area contributed by atoms with E-state index >= 15 is 0 Å². The molecule has 1 aliphatic rings. The van der Waals surface area contributed by atoms with Crippen molar-refractivity contribution in [2.45, 2.75) is 6.10 Å². The minimum Gasteiger partial charge on any atom is -0.443 e. The average molecular weight is 158 g/mol. The number of amides is 1. The van der Waals surface area contributed by atoms with Crippen LogP contribution in [0.15, 0.2) is 0 Å². The molecule has 0 aromatic rings. The molecule has 0 spiro atoms. The Balaban J connectivity index is 2.35. The Bertz CT molecular complexity index is 159. The summed E-state index contributed by atoms with van der Waals surface area (Å²) in [6.45, 7) is 1.51. The van der Waals surface area contributed by atoms with E-state index < -0.39 is 0 Å². The second kappa shape index (κ2) is 3.09. The summed E-state index contributed by atoms with van der Waals surface area (Å²) in [5.74, 6) is 0. The van der Waals surface area contributed by atoms with Gasteiger partial charge in [-0.25, -0.2) is 4.79 Å². The second-order valence-corrected chi connectivity index (χ2v) is 3.15. The molecule has 11 heavy (non-hydrogen) atoms. The van der Waals surface area contributed by atoms with Gasteiger partial charge in [-0.3, -0.25) is 0 Å². The van der Waals surface area contributed by atoms with Crippen molar-refractivity contribution in [3.63, 3.8) is 0 Å². The van der Waals surface area contributed by atoms with E-state index in [0.29, 0.717) is 6.54 Å². The lowest BCUT2D eigenvalue weighted by molar-refractivity contribution is 0.119. The van der Waals surface area contributed by atoms with Crippen LogP contribution in [0.4, 0.5) is 4.79 Å². The molecule has 0 aliphatic carbocycles. The Morgan fingerprint density at radius 1 is 1.73 bits per heavy atom. The van der Waals surface area contributed by atoms with E-state index in [1.165, 1.54) is 0 Å². The minimum absolute atomic E-state index is 0.0440. The molecule has 1 saturated heterocycles. The Labute approximate surface area is 66.7 Å². The highest BCUT2D eigenvalue weighted by molar-refractivity contribution is 5.69. The maximum Gasteiger partial charge on any atom is 0.410 e. The highest BCUT2D eigenvalue weighted by Gasteiger charge is 2.28. The third-order valence-corrected chi connectivity index (χ3v) is 1.63. The third-order valence-electron chi connectivity index (χ3n) is 1.63. The van der Waals surface area contributed by atoms with Crippen molar-refractivity contribution in [1.82, 2.24) is 9.80 Å². The molecule has 1 rings (SSSR count). The average Bonchev–Trinajstić information content (AvgIpc) is 2.10. The van der Waals surface area contributed by atoms with Crippen molar-refractivity contribution < 1.29 is 9.53 Å². The topological polar surface area (TPSA) is 32.8 Å². The van der Waals surface area contributed by atoms with E-state index in [-0.39, 0.29) is 12.2 Å². The summed E-state index contributed by atoms with van der Waals surface area (Å²) in [5.41, 5.74) is 0. The molecule has 0 unspecified atom stereocenters. The maximum absolute atomic E-state index is 10.9. The predicted molar refractivity (Wildman–Crippen MR) is 41.5 cm³/mol. The maximum atomic E-state index is 10.9. The number of carbonyl (C=O) groups excluding carboxylic acids is 1. The largest absolute Gasteiger partial charge is 0.443 e. The van der Waals surface area contributed by atoms with Crippen molar-refractivity contribution in [3.8, 4) is 0 Å². The fourth-order valence-electron chi connectivity index (χ4n) is 1.15. The lowest BCUT2D eigenvalue weighted by Crippen LogP contribution is -2.28. The Morgan fingerprint density at radius 2 is 2.36 bits per heavy atom. The molecule has 1 atom stereocenters. The highest BCUT2D eigenvalue weighted by Crippen LogP contribution is 2.08. The van der Waals surface area contributed by atoms with Gasteiger partial charge in [0.15, 0.2) is 0 Å². The molecule has 0 N–H and O–H groups in total. The van der Waals surface area contributed by atoms with E-state index in [0.717, 1.165) is 6.54 Å². The van der Waals surface area contributed by atoms with Gasteiger partial charge in [0, 0.05) is 13.6 Å². The normalized spacial score (nSPS) is 24.5. The van der Waals surface area contributed by atoms with E-state index in [1.807, 2.05) is 19.0 Å². The molecule has 64 valence electrons. The zero-order valence-corrected chi connectivity index (χ0v) is 7.20. The number of carbonyl (C=O) groups is 1. The van der Waals surface area contributed by atoms with Crippen LogP contribution in [0.3, 0.4) is 0 Å². The first kappa shape index (κ1) is 8.33. The molecule has 0 aromatic heterocycles. The van der Waals surface area contributed by atoms with Crippen molar-refractivity contribution in [2.24, 2.45) is 0 Å². The van der Waals surface area contributed by atoms with Crippen molar-refractivity contribution in [1.29, 1.82) is 0 Å². The van der Waals surface area contributed by atoms with Crippen LogP contribution in [0.1, 0.15) is 0 Å². The summed E-state index contributed by atoms with van der Waals surface area (Å²) in [4.78, 5) is 14.5. The molecule has 1 amide bonds. The van der Waals surface area contributed by atoms with Crippen molar-refractivity contribution in [3.05, 3.63) is 0 Å². The quantitative estimate of drug-likeness (QED) is 0.567. The van der Waals surface area contributed by atoms with Crippen LogP contribution < -0.4 is 0 Å². The molecular weight excluding hydrogens is 144 g/mol. The van der Waals surface area contributed by atoms with E-state index in [2.05, 4.69) is 0 Å². The van der Waals surface area contributed by atoms with Crippen LogP contribution in [0.25, 0.3) is 0 Å². The van der Waals surface area contributed by atoms with Crippen molar-refractivity contribution in [2.75, 3.05) is 34.2 Å². The van der Waals surface area contributed by atoms with Gasteiger partial charge < -0.3 is 14.5 Å². The number of cyclic esters (lactones) is 1. The molecule has 1 heterocycles. The van der Waals surface area contributed by atoms with Gasteiger partial charge in [0.1, 0.15) is 6.10 Å². The van der Waals surface area contributed by atoms with Crippen LogP contribution in [0.2, 0.25) is 0 Å². The van der Waals surface area contributed by atoms with Gasteiger partial charge in [0.2, 0.25) is 0 Å². The molecule has 1 fully saturated rings. The van der Waals surface area contributed by atoms with Crippen molar-refractivity contribution >= 4 is 6.09 Å². The van der Waals surface area contributed by atoms with E-state index in [9.17, 15) is 4.79 Å². The highest BCUT2D eigenvalue weighted by atomic mass is 16.6. The van der Waals surface area contributed by atoms with Crippen LogP contribution >= 0.6 is 0 Å². The summed E-state index contributed by atoms with van der Waals surface area (Å²) >= 11 is 0. The SMILES string of the molecule is CN(C)C[C@@H]1CN(C)C(=O)O1. The number of hydrogen-bond acceptors (Lipinski definition) is 3. The zero-order valence-electron chi connectivity index (χ0n) is 7.20. The van der Waals surface area contributed by atoms with E-state index in [1.54, 1.807) is 11.9 Å². The molecule has 0 saturated carbocycles. The molecule has 0 aromatic carbocycles. The minimum atomic E-state index is -0.211. The van der Waals surface area contributed by atoms with Gasteiger partial charge in [-0.1, -0.05) is 0 Å². The third kappa shape index (κ3) is 2.08. The smallest absolute Gasteiger partial charge is 0.410 e. The van der Waals surface area contributed by atoms with E-state index in [4.69, 9.17) is 4.74 Å². The predicted octanol–water partition coefficient (Wildman–Crippen LogP) is -0.00140. The number of likely N-dealkylation sites (N-methyl/N-ethyl adjacent to an activating group) is 2. The number of rotatable bonds is 2. The summed E-state index contributed by atoms with van der Waals surface area (Å²) in [6.07, 6.45) is -0.167. The fourth-order valence-corrected chi connectivity index (χ4v) is 1.15. The fraction of sp³-hybridized carbons (Fsp3) is 0.857. The lowest BCUT2D eigenvalue weighted by Gasteiger charge is -2.13. The Kier molecular flexibility index (Phi) is 2.34. The lowest BCUT2D eigenvalue weighted by atomic mass is 10.3. The van der Waals surface area contributed by atoms with Gasteiger partial charge in [-0.15, -0.1) is 0 Å². The molecule has 4 nitrogen and oxygen atoms in total.